The van der Waals surface area contributed by atoms with E-state index in [1.807, 2.05) is 12.1 Å². The maximum Gasteiger partial charge on any atom is 0.255 e. The first-order chi connectivity index (χ1) is 14.8. The first kappa shape index (κ1) is 23.4. The van der Waals surface area contributed by atoms with Crippen LogP contribution in [0.1, 0.15) is 56.0 Å². The number of rotatable bonds is 8. The number of sulfonamides is 1. The largest absolute Gasteiger partial charge is 0.322 e. The van der Waals surface area contributed by atoms with Crippen molar-refractivity contribution in [2.75, 3.05) is 25.0 Å². The molecular formula is C24H33N3O3S. The number of amides is 1. The zero-order valence-corrected chi connectivity index (χ0v) is 19.5. The van der Waals surface area contributed by atoms with Crippen molar-refractivity contribution in [3.05, 3.63) is 59.7 Å². The fourth-order valence-electron chi connectivity index (χ4n) is 4.01. The molecule has 3 rings (SSSR count). The molecule has 1 aliphatic rings. The molecule has 168 valence electrons. The minimum atomic E-state index is -3.53. The van der Waals surface area contributed by atoms with Crippen LogP contribution in [0, 0.1) is 0 Å². The molecular weight excluding hydrogens is 410 g/mol. The minimum absolute atomic E-state index is 0.198. The zero-order chi connectivity index (χ0) is 22.4. The highest BCUT2D eigenvalue weighted by Crippen LogP contribution is 2.21. The third-order valence-corrected chi connectivity index (χ3v) is 8.06. The van der Waals surface area contributed by atoms with Gasteiger partial charge in [-0.2, -0.15) is 4.31 Å². The van der Waals surface area contributed by atoms with Crippen LogP contribution in [-0.2, 0) is 16.6 Å². The first-order valence-corrected chi connectivity index (χ1v) is 12.5. The Labute approximate surface area is 186 Å². The predicted molar refractivity (Wildman–Crippen MR) is 125 cm³/mol. The molecule has 0 radical (unpaired) electrons. The van der Waals surface area contributed by atoms with Gasteiger partial charge in [-0.25, -0.2) is 8.42 Å². The van der Waals surface area contributed by atoms with E-state index in [0.29, 0.717) is 24.7 Å². The topological polar surface area (TPSA) is 69.7 Å². The van der Waals surface area contributed by atoms with E-state index in [4.69, 9.17) is 0 Å². The smallest absolute Gasteiger partial charge is 0.255 e. The Bertz CT molecular complexity index is 968. The summed E-state index contributed by atoms with van der Waals surface area (Å²) in [7, 11) is -3.53. The number of hydrogen-bond donors (Lipinski definition) is 1. The Kier molecular flexibility index (Phi) is 7.86. The van der Waals surface area contributed by atoms with Gasteiger partial charge in [0.05, 0.1) is 4.90 Å². The van der Waals surface area contributed by atoms with Gasteiger partial charge in [0.2, 0.25) is 10.0 Å². The maximum atomic E-state index is 12.6. The molecule has 2 aromatic rings. The summed E-state index contributed by atoms with van der Waals surface area (Å²) in [5.74, 6) is -0.260. The van der Waals surface area contributed by atoms with Crippen LogP contribution in [0.25, 0.3) is 0 Å². The molecule has 1 N–H and O–H groups in total. The molecule has 0 saturated carbocycles. The number of likely N-dealkylation sites (tertiary alicyclic amines) is 1. The molecule has 7 heteroatoms. The van der Waals surface area contributed by atoms with Crippen LogP contribution >= 0.6 is 0 Å². The van der Waals surface area contributed by atoms with E-state index in [2.05, 4.69) is 29.3 Å². The van der Waals surface area contributed by atoms with Crippen molar-refractivity contribution in [1.29, 1.82) is 0 Å². The lowest BCUT2D eigenvalue weighted by molar-refractivity contribution is 0.102. The molecule has 1 heterocycles. The van der Waals surface area contributed by atoms with Gasteiger partial charge in [-0.3, -0.25) is 9.69 Å². The molecule has 0 aliphatic carbocycles. The van der Waals surface area contributed by atoms with Crippen LogP contribution < -0.4 is 5.32 Å². The number of nitrogens with one attached hydrogen (secondary N) is 1. The molecule has 1 saturated heterocycles. The van der Waals surface area contributed by atoms with Crippen LogP contribution in [0.4, 0.5) is 5.69 Å². The number of piperidine rings is 1. The average molecular weight is 444 g/mol. The average Bonchev–Trinajstić information content (AvgIpc) is 2.77. The Morgan fingerprint density at radius 1 is 1.03 bits per heavy atom. The highest BCUT2D eigenvalue weighted by molar-refractivity contribution is 7.89. The zero-order valence-electron chi connectivity index (χ0n) is 18.7. The minimum Gasteiger partial charge on any atom is -0.322 e. The molecule has 0 spiro atoms. The summed E-state index contributed by atoms with van der Waals surface area (Å²) in [5.41, 5.74) is 2.38. The lowest BCUT2D eigenvalue weighted by Crippen LogP contribution is -2.36. The van der Waals surface area contributed by atoms with Crippen molar-refractivity contribution in [3.63, 3.8) is 0 Å². The third kappa shape index (κ3) is 5.73. The number of carbonyl (C=O) groups excluding carboxylic acids is 1. The van der Waals surface area contributed by atoms with Crippen molar-refractivity contribution < 1.29 is 13.2 Å². The van der Waals surface area contributed by atoms with E-state index in [0.717, 1.165) is 18.8 Å². The van der Waals surface area contributed by atoms with Gasteiger partial charge in [0.25, 0.3) is 5.91 Å². The second-order valence-corrected chi connectivity index (χ2v) is 10.0. The summed E-state index contributed by atoms with van der Waals surface area (Å²) >= 11 is 0. The second kappa shape index (κ2) is 10.4. The predicted octanol–water partition coefficient (Wildman–Crippen LogP) is 4.34. The van der Waals surface area contributed by atoms with Gasteiger partial charge in [-0.15, -0.1) is 0 Å². The summed E-state index contributed by atoms with van der Waals surface area (Å²) in [6.45, 7) is 8.79. The highest BCUT2D eigenvalue weighted by Gasteiger charge is 2.22. The van der Waals surface area contributed by atoms with Crippen molar-refractivity contribution in [3.8, 4) is 0 Å². The van der Waals surface area contributed by atoms with Gasteiger partial charge >= 0.3 is 0 Å². The van der Waals surface area contributed by atoms with Crippen LogP contribution in [0.5, 0.6) is 0 Å². The molecule has 2 aromatic carbocycles. The summed E-state index contributed by atoms with van der Waals surface area (Å²) in [6.07, 6.45) is 3.82. The monoisotopic (exact) mass is 443 g/mol. The van der Waals surface area contributed by atoms with Crippen LogP contribution in [-0.4, -0.2) is 49.2 Å². The fraction of sp³-hybridized carbons (Fsp3) is 0.458. The second-order valence-electron chi connectivity index (χ2n) is 8.08. The van der Waals surface area contributed by atoms with E-state index >= 15 is 0 Å². The lowest BCUT2D eigenvalue weighted by Gasteiger charge is -2.33. The van der Waals surface area contributed by atoms with E-state index < -0.39 is 10.0 Å². The highest BCUT2D eigenvalue weighted by atomic mass is 32.2. The Morgan fingerprint density at radius 2 is 1.68 bits per heavy atom. The maximum absolute atomic E-state index is 12.6. The van der Waals surface area contributed by atoms with E-state index in [1.54, 1.807) is 26.0 Å². The van der Waals surface area contributed by atoms with Crippen molar-refractivity contribution in [2.24, 2.45) is 0 Å². The molecule has 6 nitrogen and oxygen atoms in total. The van der Waals surface area contributed by atoms with Gasteiger partial charge in [0, 0.05) is 36.9 Å². The number of carbonyl (C=O) groups is 1. The number of anilines is 1. The molecule has 1 amide bonds. The van der Waals surface area contributed by atoms with Crippen molar-refractivity contribution in [1.82, 2.24) is 9.21 Å². The van der Waals surface area contributed by atoms with Gasteiger partial charge in [-0.05, 0) is 68.3 Å². The number of benzene rings is 2. The summed E-state index contributed by atoms with van der Waals surface area (Å²) in [6, 6.07) is 14.6. The normalized spacial score (nSPS) is 17.6. The van der Waals surface area contributed by atoms with E-state index in [9.17, 15) is 13.2 Å². The molecule has 31 heavy (non-hydrogen) atoms. The van der Waals surface area contributed by atoms with Crippen LogP contribution in [0.15, 0.2) is 53.4 Å². The molecule has 0 aromatic heterocycles. The SMILES string of the molecule is CCN(CC)S(=O)(=O)c1ccc(C(=O)Nc2ccc(CN3CCCCC3C)cc2)cc1. The van der Waals surface area contributed by atoms with Gasteiger partial charge < -0.3 is 5.32 Å². The summed E-state index contributed by atoms with van der Waals surface area (Å²) < 4.78 is 26.6. The first-order valence-electron chi connectivity index (χ1n) is 11.1. The van der Waals surface area contributed by atoms with E-state index in [1.165, 1.54) is 41.3 Å². The number of nitrogens with zero attached hydrogens (tertiary/aromatic N) is 2. The van der Waals surface area contributed by atoms with Gasteiger partial charge in [-0.1, -0.05) is 32.4 Å². The molecule has 0 bridgehead atoms. The lowest BCUT2D eigenvalue weighted by atomic mass is 10.0. The Morgan fingerprint density at radius 3 is 2.26 bits per heavy atom. The Balaban J connectivity index is 1.62. The summed E-state index contributed by atoms with van der Waals surface area (Å²) in [4.78, 5) is 15.3. The van der Waals surface area contributed by atoms with Crippen molar-refractivity contribution >= 4 is 21.6 Å². The van der Waals surface area contributed by atoms with E-state index in [-0.39, 0.29) is 10.8 Å². The van der Waals surface area contributed by atoms with Crippen molar-refractivity contribution in [2.45, 2.75) is 57.5 Å². The Hall–Kier alpha value is -2.22. The standard InChI is InChI=1S/C24H33N3O3S/c1-4-27(5-2)31(29,30)23-15-11-21(12-16-23)24(28)25-22-13-9-20(10-14-22)18-26-17-7-6-8-19(26)3/h9-16,19H,4-8,17-18H2,1-3H3,(H,25,28). The fourth-order valence-corrected chi connectivity index (χ4v) is 5.47. The van der Waals surface area contributed by atoms with Crippen LogP contribution in [0.2, 0.25) is 0 Å². The van der Waals surface area contributed by atoms with Crippen LogP contribution in [0.3, 0.4) is 0 Å². The molecule has 1 atom stereocenters. The third-order valence-electron chi connectivity index (χ3n) is 6.00. The summed E-state index contributed by atoms with van der Waals surface area (Å²) in [5, 5.41) is 2.89. The molecule has 1 unspecified atom stereocenters. The number of hydrogen-bond acceptors (Lipinski definition) is 4. The van der Waals surface area contributed by atoms with Gasteiger partial charge in [0.1, 0.15) is 0 Å². The quantitative estimate of drug-likeness (QED) is 0.659. The van der Waals surface area contributed by atoms with Gasteiger partial charge in [0.15, 0.2) is 0 Å². The molecule has 1 fully saturated rings. The molecule has 1 aliphatic heterocycles.